The molecule has 0 radical (unpaired) electrons. The third kappa shape index (κ3) is 8.55. The highest BCUT2D eigenvalue weighted by Gasteiger charge is 2.60. The molecule has 4 rings (SSSR count). The highest BCUT2D eigenvalue weighted by Crippen LogP contribution is 2.68. The second-order valence-electron chi connectivity index (χ2n) is 14.6. The molecule has 0 spiro atoms. The number of fused-ring (bicyclic) bond motifs is 5. The average Bonchev–Trinajstić information content (AvgIpc) is 3.36. The van der Waals surface area contributed by atoms with Crippen LogP contribution in [-0.4, -0.2) is 55.7 Å². The smallest absolute Gasteiger partial charge is 0.408 e. The number of nitrogens with one attached hydrogen (secondary N) is 2. The van der Waals surface area contributed by atoms with Gasteiger partial charge in [0, 0.05) is 17.9 Å². The van der Waals surface area contributed by atoms with Gasteiger partial charge in [-0.1, -0.05) is 32.0 Å². The zero-order valence-electron chi connectivity index (χ0n) is 27.6. The van der Waals surface area contributed by atoms with Crippen LogP contribution in [0.4, 0.5) is 4.79 Å². The second-order valence-corrected chi connectivity index (χ2v) is 14.6. The number of nitrogens with zero attached hydrogens (tertiary/aromatic N) is 3. The number of hydrogen-bond acceptors (Lipinski definition) is 6. The van der Waals surface area contributed by atoms with Crippen LogP contribution in [0.1, 0.15) is 97.8 Å². The maximum atomic E-state index is 12.6. The summed E-state index contributed by atoms with van der Waals surface area (Å²) < 4.78 is 10.3. The number of ether oxygens (including phenoxy) is 2. The van der Waals surface area contributed by atoms with Crippen LogP contribution in [0.3, 0.4) is 0 Å². The van der Waals surface area contributed by atoms with Gasteiger partial charge in [0.2, 0.25) is 5.91 Å². The number of hydrogen-bond donors (Lipinski definition) is 3. The summed E-state index contributed by atoms with van der Waals surface area (Å²) in [7, 11) is 0. The van der Waals surface area contributed by atoms with Crippen LogP contribution in [0.5, 0.6) is 0 Å². The van der Waals surface area contributed by atoms with E-state index in [0.717, 1.165) is 49.4 Å². The van der Waals surface area contributed by atoms with Crippen LogP contribution in [0, 0.1) is 58.7 Å². The zero-order chi connectivity index (χ0) is 32.5. The van der Waals surface area contributed by atoms with E-state index in [1.165, 1.54) is 51.0 Å². The van der Waals surface area contributed by atoms with Gasteiger partial charge in [-0.15, -0.1) is 12.3 Å². The summed E-state index contributed by atoms with van der Waals surface area (Å²) in [5.41, 5.74) is 9.05. The summed E-state index contributed by atoms with van der Waals surface area (Å²) in [5.74, 6) is 6.65. The SMILES string of the molecule is C#CCC(NC(=O)/C=C/CCC(C)C1CCC2C3CCC4CC(O)CCC4(C)C3CCC12C)NC(=O)OCCOCCN=[N+]=[N-]. The molecule has 0 aliphatic heterocycles. The summed E-state index contributed by atoms with van der Waals surface area (Å²) in [6, 6.07) is 0. The molecule has 10 unspecified atom stereocenters. The minimum atomic E-state index is -0.744. The fourth-order valence-corrected chi connectivity index (χ4v) is 10.1. The van der Waals surface area contributed by atoms with E-state index in [0.29, 0.717) is 22.7 Å². The van der Waals surface area contributed by atoms with Crippen LogP contribution in [0.15, 0.2) is 17.3 Å². The summed E-state index contributed by atoms with van der Waals surface area (Å²) in [4.78, 5) is 27.3. The Morgan fingerprint density at radius 2 is 1.87 bits per heavy atom. The number of aliphatic hydroxyl groups is 1. The lowest BCUT2D eigenvalue weighted by molar-refractivity contribution is -0.129. The van der Waals surface area contributed by atoms with Crippen LogP contribution in [-0.2, 0) is 14.3 Å². The number of rotatable bonds is 14. The molecule has 4 saturated carbocycles. The Bertz CT molecular complexity index is 1130. The van der Waals surface area contributed by atoms with Crippen LogP contribution < -0.4 is 10.6 Å². The van der Waals surface area contributed by atoms with Crippen molar-refractivity contribution in [1.82, 2.24) is 10.6 Å². The molecule has 45 heavy (non-hydrogen) atoms. The predicted molar refractivity (Wildman–Crippen MR) is 173 cm³/mol. The lowest BCUT2D eigenvalue weighted by Crippen LogP contribution is -2.54. The lowest BCUT2D eigenvalue weighted by Gasteiger charge is -2.61. The Morgan fingerprint density at radius 3 is 2.64 bits per heavy atom. The number of carbonyl (C=O) groups is 2. The van der Waals surface area contributed by atoms with Crippen molar-refractivity contribution in [3.8, 4) is 12.3 Å². The van der Waals surface area contributed by atoms with E-state index >= 15 is 0 Å². The quantitative estimate of drug-likeness (QED) is 0.0384. The highest BCUT2D eigenvalue weighted by atomic mass is 16.6. The number of carbonyl (C=O) groups excluding carboxylic acids is 2. The minimum Gasteiger partial charge on any atom is -0.447 e. The Labute approximate surface area is 269 Å². The molecule has 10 nitrogen and oxygen atoms in total. The van der Waals surface area contributed by atoms with Crippen molar-refractivity contribution in [1.29, 1.82) is 0 Å². The zero-order valence-corrected chi connectivity index (χ0v) is 27.6. The topological polar surface area (TPSA) is 146 Å². The first-order valence-corrected chi connectivity index (χ1v) is 17.2. The van der Waals surface area contributed by atoms with Gasteiger partial charge in [0.05, 0.1) is 19.3 Å². The molecule has 4 fully saturated rings. The number of alkyl carbamates (subject to hydrolysis) is 1. The predicted octanol–water partition coefficient (Wildman–Crippen LogP) is 6.50. The van der Waals surface area contributed by atoms with E-state index in [-0.39, 0.29) is 44.8 Å². The molecule has 250 valence electrons. The van der Waals surface area contributed by atoms with Crippen LogP contribution in [0.25, 0.3) is 10.4 Å². The fourth-order valence-electron chi connectivity index (χ4n) is 10.1. The van der Waals surface area contributed by atoms with Crippen molar-refractivity contribution in [2.75, 3.05) is 26.4 Å². The largest absolute Gasteiger partial charge is 0.447 e. The third-order valence-electron chi connectivity index (χ3n) is 12.2. The number of terminal acetylenes is 1. The molecule has 10 heteroatoms. The van der Waals surface area contributed by atoms with Gasteiger partial charge in [-0.3, -0.25) is 4.79 Å². The number of amides is 2. The number of aliphatic hydroxyl groups excluding tert-OH is 1. The molecule has 4 aliphatic carbocycles. The maximum absolute atomic E-state index is 12.6. The summed E-state index contributed by atoms with van der Waals surface area (Å²) >= 11 is 0. The Kier molecular flexibility index (Phi) is 12.6. The van der Waals surface area contributed by atoms with E-state index in [1.54, 1.807) is 0 Å². The van der Waals surface area contributed by atoms with Crippen molar-refractivity contribution >= 4 is 12.0 Å². The normalized spacial score (nSPS) is 35.1. The van der Waals surface area contributed by atoms with E-state index in [1.807, 2.05) is 6.08 Å². The molecule has 0 aromatic carbocycles. The molecular weight excluding hydrogens is 570 g/mol. The molecule has 4 aliphatic rings. The third-order valence-corrected chi connectivity index (χ3v) is 12.2. The molecule has 0 saturated heterocycles. The Morgan fingerprint density at radius 1 is 1.09 bits per heavy atom. The van der Waals surface area contributed by atoms with E-state index in [4.69, 9.17) is 21.4 Å². The van der Waals surface area contributed by atoms with Crippen molar-refractivity contribution in [2.45, 2.75) is 110 Å². The summed E-state index contributed by atoms with van der Waals surface area (Å²) in [5, 5.41) is 19.0. The van der Waals surface area contributed by atoms with Crippen LogP contribution >= 0.6 is 0 Å². The van der Waals surface area contributed by atoms with Gasteiger partial charge in [-0.25, -0.2) is 4.79 Å². The number of allylic oxidation sites excluding steroid dienone is 1. The number of azide groups is 1. The Balaban J connectivity index is 1.20. The van der Waals surface area contributed by atoms with E-state index in [9.17, 15) is 14.7 Å². The first kappa shape index (κ1) is 35.1. The molecule has 0 aromatic rings. The minimum absolute atomic E-state index is 0.0176. The van der Waals surface area contributed by atoms with Crippen molar-refractivity contribution < 1.29 is 24.2 Å². The van der Waals surface area contributed by atoms with Gasteiger partial charge in [-0.2, -0.15) is 0 Å². The van der Waals surface area contributed by atoms with E-state index in [2.05, 4.69) is 47.4 Å². The Hall–Kier alpha value is -2.73. The first-order valence-electron chi connectivity index (χ1n) is 17.2. The fraction of sp³-hybridized carbons (Fsp3) is 0.829. The van der Waals surface area contributed by atoms with Crippen LogP contribution in [0.2, 0.25) is 0 Å². The monoisotopic (exact) mass is 625 g/mol. The molecule has 0 aromatic heterocycles. The average molecular weight is 626 g/mol. The van der Waals surface area contributed by atoms with Crippen molar-refractivity contribution in [3.63, 3.8) is 0 Å². The van der Waals surface area contributed by atoms with Gasteiger partial charge in [0.25, 0.3) is 0 Å². The van der Waals surface area contributed by atoms with Crippen molar-refractivity contribution in [3.05, 3.63) is 22.6 Å². The first-order chi connectivity index (χ1) is 21.6. The molecule has 2 amide bonds. The summed E-state index contributed by atoms with van der Waals surface area (Å²) in [6.45, 7) is 8.19. The second kappa shape index (κ2) is 16.2. The van der Waals surface area contributed by atoms with Gasteiger partial charge >= 0.3 is 6.09 Å². The maximum Gasteiger partial charge on any atom is 0.408 e. The molecular formula is C35H55N5O5. The van der Waals surface area contributed by atoms with Crippen molar-refractivity contribution in [2.24, 2.45) is 51.5 Å². The standard InChI is InChI=1S/C35H55N5O5/c1-5-8-31(39-33(43)45-22-21-44-20-19-37-40-36)38-32(42)10-7-6-9-24(2)28-13-14-29-27-12-11-25-23-26(41)15-17-34(25,3)30(27)16-18-35(28,29)4/h1,7,10,24-31,41H,6,8-9,11-23H2,2-4H3,(H,38,42)(H,39,43)/b10-7+. The highest BCUT2D eigenvalue weighted by molar-refractivity contribution is 5.88. The summed E-state index contributed by atoms with van der Waals surface area (Å²) in [6.07, 6.45) is 20.5. The molecule has 0 heterocycles. The van der Waals surface area contributed by atoms with Gasteiger partial charge in [0.15, 0.2) is 0 Å². The lowest BCUT2D eigenvalue weighted by atomic mass is 9.44. The molecule has 3 N–H and O–H groups in total. The van der Waals surface area contributed by atoms with Gasteiger partial charge < -0.3 is 25.2 Å². The van der Waals surface area contributed by atoms with E-state index < -0.39 is 12.3 Å². The van der Waals surface area contributed by atoms with Gasteiger partial charge in [-0.05, 0) is 129 Å². The molecule has 0 bridgehead atoms. The van der Waals surface area contributed by atoms with Gasteiger partial charge in [0.1, 0.15) is 12.8 Å². The molecule has 10 atom stereocenters.